The molecule has 0 bridgehead atoms. The molecule has 0 fully saturated rings. The minimum absolute atomic E-state index is 0.0698. The largest absolute Gasteiger partial charge is 0.496 e. The van der Waals surface area contributed by atoms with Gasteiger partial charge in [0.25, 0.3) is 5.91 Å². The Morgan fingerprint density at radius 3 is 2.83 bits per heavy atom. The van der Waals surface area contributed by atoms with Crippen LogP contribution in [-0.4, -0.2) is 18.0 Å². The van der Waals surface area contributed by atoms with Gasteiger partial charge in [-0.25, -0.2) is 0 Å². The highest BCUT2D eigenvalue weighted by atomic mass is 16.5. The highest BCUT2D eigenvalue weighted by Crippen LogP contribution is 2.35. The van der Waals surface area contributed by atoms with E-state index in [1.54, 1.807) is 7.11 Å². The summed E-state index contributed by atoms with van der Waals surface area (Å²) in [5, 5.41) is 3.94. The minimum atomic E-state index is -0.0698. The third-order valence-corrected chi connectivity index (χ3v) is 4.24. The number of carbonyl (C=O) groups is 1. The molecule has 0 atom stereocenters. The van der Waals surface area contributed by atoms with Crippen LogP contribution in [0.5, 0.6) is 5.75 Å². The number of amides is 1. The van der Waals surface area contributed by atoms with Gasteiger partial charge in [-0.3, -0.25) is 4.79 Å². The van der Waals surface area contributed by atoms with Gasteiger partial charge in [-0.15, -0.1) is 0 Å². The van der Waals surface area contributed by atoms with Crippen molar-refractivity contribution in [1.82, 2.24) is 4.98 Å². The third-order valence-electron chi connectivity index (χ3n) is 4.24. The van der Waals surface area contributed by atoms with Crippen LogP contribution < -0.4 is 10.1 Å². The Balaban J connectivity index is 1.89. The topological polar surface area (TPSA) is 54.1 Å². The summed E-state index contributed by atoms with van der Waals surface area (Å²) in [5.74, 6) is 0.771. The fourth-order valence-corrected chi connectivity index (χ4v) is 3.06. The van der Waals surface area contributed by atoms with Crippen molar-refractivity contribution >= 4 is 34.1 Å². The number of carbonyl (C=O) groups excluding carboxylic acids is 1. The number of para-hydroxylation sites is 1. The Morgan fingerprint density at radius 2 is 2.00 bits per heavy atom. The summed E-state index contributed by atoms with van der Waals surface area (Å²) in [4.78, 5) is 15.5. The zero-order chi connectivity index (χ0) is 16.0. The van der Waals surface area contributed by atoms with Gasteiger partial charge in [0.2, 0.25) is 0 Å². The fourth-order valence-electron chi connectivity index (χ4n) is 3.06. The maximum Gasteiger partial charge on any atom is 0.256 e. The molecular weight excluding hydrogens is 288 g/mol. The number of fused-ring (bicyclic) bond motifs is 2. The summed E-state index contributed by atoms with van der Waals surface area (Å²) < 4.78 is 5.41. The van der Waals surface area contributed by atoms with Crippen LogP contribution in [0, 0.1) is 6.92 Å². The number of benzene rings is 2. The molecule has 1 aromatic heterocycles. The Hall–Kier alpha value is -3.01. The normalized spacial score (nSPS) is 15.0. The first-order chi connectivity index (χ1) is 11.2. The molecule has 0 radical (unpaired) electrons. The zero-order valence-corrected chi connectivity index (χ0v) is 12.9. The number of nitrogens with one attached hydrogen (secondary N) is 2. The predicted molar refractivity (Wildman–Crippen MR) is 92.5 cm³/mol. The molecule has 2 N–H and O–H groups in total. The van der Waals surface area contributed by atoms with Crippen LogP contribution in [0.1, 0.15) is 16.7 Å². The first-order valence-corrected chi connectivity index (χ1v) is 7.45. The van der Waals surface area contributed by atoms with Gasteiger partial charge in [0.05, 0.1) is 7.11 Å². The van der Waals surface area contributed by atoms with Crippen molar-refractivity contribution in [2.24, 2.45) is 0 Å². The molecule has 3 aromatic rings. The van der Waals surface area contributed by atoms with Gasteiger partial charge in [-0.05, 0) is 36.8 Å². The van der Waals surface area contributed by atoms with E-state index >= 15 is 0 Å². The molecule has 1 aliphatic rings. The van der Waals surface area contributed by atoms with Gasteiger partial charge in [0.15, 0.2) is 0 Å². The minimum Gasteiger partial charge on any atom is -0.496 e. The fraction of sp³-hybridized carbons (Fsp3) is 0.105. The number of ether oxygens (including phenoxy) is 1. The van der Waals surface area contributed by atoms with Crippen LogP contribution in [-0.2, 0) is 4.79 Å². The molecule has 0 aliphatic carbocycles. The van der Waals surface area contributed by atoms with Gasteiger partial charge in [0.1, 0.15) is 5.75 Å². The summed E-state index contributed by atoms with van der Waals surface area (Å²) in [6.45, 7) is 2.01. The van der Waals surface area contributed by atoms with Gasteiger partial charge in [-0.2, -0.15) is 0 Å². The van der Waals surface area contributed by atoms with Crippen LogP contribution in [0.4, 0.5) is 5.69 Å². The number of H-pyrrole nitrogens is 1. The van der Waals surface area contributed by atoms with E-state index in [4.69, 9.17) is 4.74 Å². The zero-order valence-electron chi connectivity index (χ0n) is 12.9. The molecule has 4 heteroatoms. The molecule has 0 spiro atoms. The second-order valence-corrected chi connectivity index (χ2v) is 5.67. The van der Waals surface area contributed by atoms with Crippen molar-refractivity contribution in [3.63, 3.8) is 0 Å². The van der Waals surface area contributed by atoms with Crippen molar-refractivity contribution in [3.05, 3.63) is 59.3 Å². The number of hydrogen-bond acceptors (Lipinski definition) is 2. The molecule has 0 unspecified atom stereocenters. The van der Waals surface area contributed by atoms with Gasteiger partial charge < -0.3 is 15.0 Å². The van der Waals surface area contributed by atoms with Crippen LogP contribution >= 0.6 is 0 Å². The Morgan fingerprint density at radius 1 is 1.17 bits per heavy atom. The molecule has 2 heterocycles. The molecule has 2 aromatic carbocycles. The predicted octanol–water partition coefficient (Wildman–Crippen LogP) is 3.98. The number of methoxy groups -OCH3 is 1. The lowest BCUT2D eigenvalue weighted by molar-refractivity contribution is -0.110. The molecule has 23 heavy (non-hydrogen) atoms. The van der Waals surface area contributed by atoms with E-state index < -0.39 is 0 Å². The number of rotatable bonds is 2. The maximum absolute atomic E-state index is 12.3. The average Bonchev–Trinajstić information content (AvgIpc) is 3.08. The van der Waals surface area contributed by atoms with Crippen LogP contribution in [0.2, 0.25) is 0 Å². The van der Waals surface area contributed by atoms with Crippen molar-refractivity contribution in [2.75, 3.05) is 12.4 Å². The molecule has 1 amide bonds. The number of aromatic amines is 1. The van der Waals surface area contributed by atoms with Crippen molar-refractivity contribution < 1.29 is 9.53 Å². The summed E-state index contributed by atoms with van der Waals surface area (Å²) >= 11 is 0. The Kier molecular flexibility index (Phi) is 2.98. The van der Waals surface area contributed by atoms with Crippen LogP contribution in [0.15, 0.2) is 42.6 Å². The second-order valence-electron chi connectivity index (χ2n) is 5.67. The molecule has 4 nitrogen and oxygen atoms in total. The van der Waals surface area contributed by atoms with Crippen molar-refractivity contribution in [3.8, 4) is 5.75 Å². The smallest absolute Gasteiger partial charge is 0.256 e. The average molecular weight is 304 g/mol. The maximum atomic E-state index is 12.3. The lowest BCUT2D eigenvalue weighted by Crippen LogP contribution is -2.03. The summed E-state index contributed by atoms with van der Waals surface area (Å²) in [6, 6.07) is 11.8. The number of aromatic nitrogens is 1. The molecule has 1 aliphatic heterocycles. The van der Waals surface area contributed by atoms with E-state index in [-0.39, 0.29) is 5.91 Å². The highest BCUT2D eigenvalue weighted by molar-refractivity contribution is 6.35. The van der Waals surface area contributed by atoms with E-state index in [1.165, 1.54) is 0 Å². The Labute approximate surface area is 133 Å². The summed E-state index contributed by atoms with van der Waals surface area (Å²) in [5.41, 5.74) is 5.55. The van der Waals surface area contributed by atoms with E-state index in [0.717, 1.165) is 39.0 Å². The third kappa shape index (κ3) is 2.11. The van der Waals surface area contributed by atoms with Crippen LogP contribution in [0.3, 0.4) is 0 Å². The summed E-state index contributed by atoms with van der Waals surface area (Å²) in [7, 11) is 1.67. The van der Waals surface area contributed by atoms with Crippen LogP contribution in [0.25, 0.3) is 22.6 Å². The van der Waals surface area contributed by atoms with E-state index in [1.807, 2.05) is 49.5 Å². The molecule has 0 saturated heterocycles. The van der Waals surface area contributed by atoms with E-state index in [2.05, 4.69) is 16.4 Å². The first-order valence-electron chi connectivity index (χ1n) is 7.45. The van der Waals surface area contributed by atoms with Gasteiger partial charge in [0, 0.05) is 39.5 Å². The molecule has 0 saturated carbocycles. The number of anilines is 1. The highest BCUT2D eigenvalue weighted by Gasteiger charge is 2.23. The molecular formula is C19H16N2O2. The quantitative estimate of drug-likeness (QED) is 0.704. The van der Waals surface area contributed by atoms with Crippen molar-refractivity contribution in [2.45, 2.75) is 6.92 Å². The van der Waals surface area contributed by atoms with E-state index in [0.29, 0.717) is 5.57 Å². The Bertz CT molecular complexity index is 967. The first kappa shape index (κ1) is 13.6. The van der Waals surface area contributed by atoms with Gasteiger partial charge >= 0.3 is 0 Å². The van der Waals surface area contributed by atoms with E-state index in [9.17, 15) is 4.79 Å². The van der Waals surface area contributed by atoms with Gasteiger partial charge in [-0.1, -0.05) is 18.2 Å². The van der Waals surface area contributed by atoms with Crippen molar-refractivity contribution in [1.29, 1.82) is 0 Å². The number of hydrogen-bond donors (Lipinski definition) is 2. The lowest BCUT2D eigenvalue weighted by atomic mass is 10.0. The summed E-state index contributed by atoms with van der Waals surface area (Å²) in [6.07, 6.45) is 3.85. The second kappa shape index (κ2) is 5.02. The standard InChI is InChI=1S/C19H16N2O2/c1-11-7-17-14(9-18(11)23-2)12(10-20-17)8-15-13-5-3-4-6-16(13)21-19(15)22/h3-10,20H,1-2H3,(H,21,22)/b15-8+. The monoisotopic (exact) mass is 304 g/mol. The number of aryl methyl sites for hydroxylation is 1. The SMILES string of the molecule is COc1cc2c(/C=C3/C(=O)Nc4ccccc43)c[nH]c2cc1C. The molecule has 114 valence electrons. The lowest BCUT2D eigenvalue weighted by Gasteiger charge is -2.05. The molecule has 4 rings (SSSR count).